The first kappa shape index (κ1) is 22.3. The summed E-state index contributed by atoms with van der Waals surface area (Å²) in [5.74, 6) is -1.80. The fourth-order valence-electron chi connectivity index (χ4n) is 5.40. The van der Waals surface area contributed by atoms with E-state index >= 15 is 0 Å². The molecule has 0 unspecified atom stereocenters. The number of hydrogen-bond acceptors (Lipinski definition) is 5. The number of halogens is 1. The van der Waals surface area contributed by atoms with Gasteiger partial charge >= 0.3 is 5.97 Å². The number of anilines is 2. The third-order valence-corrected chi connectivity index (χ3v) is 7.29. The van der Waals surface area contributed by atoms with Crippen LogP contribution < -0.4 is 10.2 Å². The van der Waals surface area contributed by atoms with Gasteiger partial charge in [-0.3, -0.25) is 19.3 Å². The standard InChI is InChI=1S/C26H23ClN2O5/c1-13-3-6-17(27)11-20(13)28-21(30)12-34-26(33)15-4-7-18(8-5-15)29-24(31)22-16-9-14(2)19(10-16)23(22)25(29)32/h3-9,11,16,19,22-23H,10,12H2,1-2H3,(H,28,30)/t16-,19+,22+,23-/m0/s1. The van der Waals surface area contributed by atoms with Crippen LogP contribution in [0.1, 0.15) is 29.3 Å². The Balaban J connectivity index is 1.21. The van der Waals surface area contributed by atoms with E-state index in [0.29, 0.717) is 16.4 Å². The van der Waals surface area contributed by atoms with Gasteiger partial charge in [-0.1, -0.05) is 29.3 Å². The SMILES string of the molecule is CC1=C[C@H]2C[C@H]1[C@@H]1C(=O)N(c3ccc(C(=O)OCC(=O)Nc4cc(Cl)ccc4C)cc3)C(=O)[C@@H]12. The molecular formula is C26H23ClN2O5. The van der Waals surface area contributed by atoms with Gasteiger partial charge in [0.05, 0.1) is 23.1 Å². The maximum Gasteiger partial charge on any atom is 0.338 e. The lowest BCUT2D eigenvalue weighted by atomic mass is 9.82. The highest BCUT2D eigenvalue weighted by Crippen LogP contribution is 2.55. The van der Waals surface area contributed by atoms with Crippen molar-refractivity contribution in [1.82, 2.24) is 0 Å². The number of rotatable bonds is 5. The van der Waals surface area contributed by atoms with E-state index in [9.17, 15) is 19.2 Å². The van der Waals surface area contributed by atoms with Crippen molar-refractivity contribution in [3.05, 3.63) is 70.3 Å². The summed E-state index contributed by atoms with van der Waals surface area (Å²) in [6.07, 6.45) is 3.01. The van der Waals surface area contributed by atoms with Crippen LogP contribution in [0.3, 0.4) is 0 Å². The Bertz CT molecular complexity index is 1250. The number of benzene rings is 2. The lowest BCUT2D eigenvalue weighted by molar-refractivity contribution is -0.123. The molecule has 1 heterocycles. The van der Waals surface area contributed by atoms with Gasteiger partial charge in [-0.2, -0.15) is 0 Å². The number of esters is 1. The van der Waals surface area contributed by atoms with Crippen molar-refractivity contribution < 1.29 is 23.9 Å². The van der Waals surface area contributed by atoms with Gasteiger partial charge in [0.2, 0.25) is 11.8 Å². The smallest absolute Gasteiger partial charge is 0.338 e. The molecule has 4 atom stereocenters. The molecule has 0 spiro atoms. The first-order valence-corrected chi connectivity index (χ1v) is 11.5. The molecule has 2 fully saturated rings. The molecule has 2 aliphatic carbocycles. The molecule has 0 radical (unpaired) electrons. The monoisotopic (exact) mass is 478 g/mol. The van der Waals surface area contributed by atoms with Crippen molar-refractivity contribution in [1.29, 1.82) is 0 Å². The lowest BCUT2D eigenvalue weighted by Gasteiger charge is -2.19. The van der Waals surface area contributed by atoms with E-state index in [-0.39, 0.29) is 41.0 Å². The predicted molar refractivity (Wildman–Crippen MR) is 126 cm³/mol. The van der Waals surface area contributed by atoms with Gasteiger partial charge in [0, 0.05) is 10.7 Å². The third kappa shape index (κ3) is 3.70. The first-order chi connectivity index (χ1) is 16.2. The number of ether oxygens (including phenoxy) is 1. The zero-order valence-corrected chi connectivity index (χ0v) is 19.5. The zero-order valence-electron chi connectivity index (χ0n) is 18.7. The molecule has 174 valence electrons. The molecule has 1 saturated carbocycles. The van der Waals surface area contributed by atoms with Crippen LogP contribution in [0.5, 0.6) is 0 Å². The number of nitrogens with zero attached hydrogens (tertiary/aromatic N) is 1. The van der Waals surface area contributed by atoms with Crippen LogP contribution in [0, 0.1) is 30.6 Å². The number of imide groups is 1. The van der Waals surface area contributed by atoms with Gasteiger partial charge in [0.1, 0.15) is 0 Å². The molecule has 7 nitrogen and oxygen atoms in total. The lowest BCUT2D eigenvalue weighted by Crippen LogP contribution is -2.33. The molecule has 1 N–H and O–H groups in total. The largest absolute Gasteiger partial charge is 0.452 e. The van der Waals surface area contributed by atoms with E-state index in [0.717, 1.165) is 12.0 Å². The van der Waals surface area contributed by atoms with E-state index in [1.54, 1.807) is 30.3 Å². The van der Waals surface area contributed by atoms with Crippen LogP contribution >= 0.6 is 11.6 Å². The van der Waals surface area contributed by atoms with Gasteiger partial charge < -0.3 is 10.1 Å². The van der Waals surface area contributed by atoms with Crippen molar-refractivity contribution in [3.63, 3.8) is 0 Å². The summed E-state index contributed by atoms with van der Waals surface area (Å²) in [5, 5.41) is 3.14. The zero-order chi connectivity index (χ0) is 24.1. The predicted octanol–water partition coefficient (Wildman–Crippen LogP) is 4.15. The number of allylic oxidation sites excluding steroid dienone is 2. The second-order valence-corrected chi connectivity index (χ2v) is 9.55. The van der Waals surface area contributed by atoms with E-state index in [4.69, 9.17) is 16.3 Å². The number of hydrogen-bond donors (Lipinski definition) is 1. The van der Waals surface area contributed by atoms with Crippen LogP contribution in [-0.2, 0) is 19.1 Å². The van der Waals surface area contributed by atoms with Crippen molar-refractivity contribution >= 4 is 46.7 Å². The molecule has 2 aromatic carbocycles. The van der Waals surface area contributed by atoms with Crippen molar-refractivity contribution in [3.8, 4) is 0 Å². The third-order valence-electron chi connectivity index (χ3n) is 7.05. The highest BCUT2D eigenvalue weighted by Gasteiger charge is 2.60. The summed E-state index contributed by atoms with van der Waals surface area (Å²) in [4.78, 5) is 51.9. The summed E-state index contributed by atoms with van der Waals surface area (Å²) in [6, 6.07) is 11.2. The van der Waals surface area contributed by atoms with E-state index in [1.807, 2.05) is 13.8 Å². The average molecular weight is 479 g/mol. The summed E-state index contributed by atoms with van der Waals surface area (Å²) in [5.41, 5.74) is 3.22. The molecule has 2 bridgehead atoms. The molecule has 3 aliphatic rings. The van der Waals surface area contributed by atoms with Crippen molar-refractivity contribution in [2.75, 3.05) is 16.8 Å². The molecular weight excluding hydrogens is 456 g/mol. The molecule has 3 amide bonds. The highest BCUT2D eigenvalue weighted by atomic mass is 35.5. The Morgan fingerprint density at radius 1 is 1.06 bits per heavy atom. The van der Waals surface area contributed by atoms with Gasteiger partial charge in [-0.15, -0.1) is 0 Å². The van der Waals surface area contributed by atoms with Crippen LogP contribution in [-0.4, -0.2) is 30.3 Å². The Hall–Kier alpha value is -3.45. The fourth-order valence-corrected chi connectivity index (χ4v) is 5.58. The topological polar surface area (TPSA) is 92.8 Å². The Morgan fingerprint density at radius 3 is 2.50 bits per heavy atom. The van der Waals surface area contributed by atoms with Crippen LogP contribution in [0.15, 0.2) is 54.1 Å². The minimum absolute atomic E-state index is 0.132. The normalized spacial score (nSPS) is 24.8. The number of amides is 3. The van der Waals surface area contributed by atoms with Crippen LogP contribution in [0.4, 0.5) is 11.4 Å². The molecule has 2 aromatic rings. The molecule has 1 aliphatic heterocycles. The average Bonchev–Trinajstić information content (AvgIpc) is 3.45. The molecule has 5 rings (SSSR count). The molecule has 34 heavy (non-hydrogen) atoms. The first-order valence-electron chi connectivity index (χ1n) is 11.1. The second kappa shape index (κ2) is 8.40. The Labute approximate surface area is 201 Å². The molecule has 0 aromatic heterocycles. The maximum atomic E-state index is 13.1. The number of carbonyl (C=O) groups excluding carboxylic acids is 4. The number of nitrogens with one attached hydrogen (secondary N) is 1. The van der Waals surface area contributed by atoms with Crippen molar-refractivity contribution in [2.24, 2.45) is 23.7 Å². The van der Waals surface area contributed by atoms with E-state index in [2.05, 4.69) is 11.4 Å². The summed E-state index contributed by atoms with van der Waals surface area (Å²) in [7, 11) is 0. The van der Waals surface area contributed by atoms with Crippen LogP contribution in [0.2, 0.25) is 5.02 Å². The summed E-state index contributed by atoms with van der Waals surface area (Å²) >= 11 is 5.95. The fraction of sp³-hybridized carbons (Fsp3) is 0.308. The Morgan fingerprint density at radius 2 is 1.76 bits per heavy atom. The second-order valence-electron chi connectivity index (χ2n) is 9.11. The Kier molecular flexibility index (Phi) is 5.52. The van der Waals surface area contributed by atoms with E-state index in [1.165, 1.54) is 22.6 Å². The van der Waals surface area contributed by atoms with Gasteiger partial charge in [0.25, 0.3) is 5.91 Å². The maximum absolute atomic E-state index is 13.1. The minimum Gasteiger partial charge on any atom is -0.452 e. The minimum atomic E-state index is -0.682. The summed E-state index contributed by atoms with van der Waals surface area (Å²) in [6.45, 7) is 3.39. The molecule has 1 saturated heterocycles. The number of fused-ring (bicyclic) bond motifs is 5. The number of carbonyl (C=O) groups is 4. The quantitative estimate of drug-likeness (QED) is 0.396. The van der Waals surface area contributed by atoms with Gasteiger partial charge in [-0.25, -0.2) is 4.79 Å². The highest BCUT2D eigenvalue weighted by molar-refractivity contribution is 6.31. The summed E-state index contributed by atoms with van der Waals surface area (Å²) < 4.78 is 5.11. The number of aryl methyl sites for hydroxylation is 1. The van der Waals surface area contributed by atoms with E-state index < -0.39 is 18.5 Å². The van der Waals surface area contributed by atoms with Crippen molar-refractivity contribution in [2.45, 2.75) is 20.3 Å². The van der Waals surface area contributed by atoms with Gasteiger partial charge in [-0.05, 0) is 74.1 Å². The van der Waals surface area contributed by atoms with Gasteiger partial charge in [0.15, 0.2) is 6.61 Å². The molecule has 8 heteroatoms. The van der Waals surface area contributed by atoms with Crippen LogP contribution in [0.25, 0.3) is 0 Å².